The highest BCUT2D eigenvalue weighted by atomic mass is 16.5. The van der Waals surface area contributed by atoms with Gasteiger partial charge in [-0.15, -0.1) is 0 Å². The third-order valence-corrected chi connectivity index (χ3v) is 5.18. The summed E-state index contributed by atoms with van der Waals surface area (Å²) >= 11 is 0. The van der Waals surface area contributed by atoms with Gasteiger partial charge < -0.3 is 15.0 Å². The van der Waals surface area contributed by atoms with Gasteiger partial charge in [-0.25, -0.2) is 9.50 Å². The SMILES string of the molecule is CC(C)c1cc(C(=O)Nc2ccc(OC3CCN(C)CC3)cc2)nc2ncnn12. The van der Waals surface area contributed by atoms with E-state index in [1.807, 2.05) is 38.1 Å². The number of piperidine rings is 1. The smallest absolute Gasteiger partial charge is 0.274 e. The number of benzene rings is 1. The van der Waals surface area contributed by atoms with Crippen LogP contribution in [0.3, 0.4) is 0 Å². The van der Waals surface area contributed by atoms with Crippen molar-refractivity contribution in [3.8, 4) is 5.75 Å². The van der Waals surface area contributed by atoms with E-state index >= 15 is 0 Å². The molecule has 29 heavy (non-hydrogen) atoms. The number of likely N-dealkylation sites (tertiary alicyclic amines) is 1. The van der Waals surface area contributed by atoms with Gasteiger partial charge in [0.25, 0.3) is 11.7 Å². The highest BCUT2D eigenvalue weighted by molar-refractivity contribution is 6.03. The van der Waals surface area contributed by atoms with Crippen molar-refractivity contribution in [1.82, 2.24) is 24.5 Å². The van der Waals surface area contributed by atoms with Crippen molar-refractivity contribution >= 4 is 17.4 Å². The third kappa shape index (κ3) is 4.37. The lowest BCUT2D eigenvalue weighted by Crippen LogP contribution is -2.35. The van der Waals surface area contributed by atoms with E-state index in [1.165, 1.54) is 6.33 Å². The number of carbonyl (C=O) groups excluding carboxylic acids is 1. The zero-order chi connectivity index (χ0) is 20.4. The van der Waals surface area contributed by atoms with Crippen molar-refractivity contribution in [1.29, 1.82) is 0 Å². The molecule has 0 spiro atoms. The Hall–Kier alpha value is -3.00. The number of carbonyl (C=O) groups is 1. The Balaban J connectivity index is 1.44. The highest BCUT2D eigenvalue weighted by Gasteiger charge is 2.18. The molecule has 1 saturated heterocycles. The Labute approximate surface area is 169 Å². The van der Waals surface area contributed by atoms with Crippen LogP contribution in [0.15, 0.2) is 36.7 Å². The zero-order valence-corrected chi connectivity index (χ0v) is 17.0. The second kappa shape index (κ2) is 8.16. The first kappa shape index (κ1) is 19.3. The van der Waals surface area contributed by atoms with E-state index < -0.39 is 0 Å². The molecule has 0 unspecified atom stereocenters. The van der Waals surface area contributed by atoms with Gasteiger partial charge in [0.15, 0.2) is 0 Å². The summed E-state index contributed by atoms with van der Waals surface area (Å²) in [6.45, 7) is 6.20. The van der Waals surface area contributed by atoms with Gasteiger partial charge in [-0.3, -0.25) is 4.79 Å². The van der Waals surface area contributed by atoms with Gasteiger partial charge in [-0.2, -0.15) is 10.1 Å². The summed E-state index contributed by atoms with van der Waals surface area (Å²) in [6, 6.07) is 9.24. The molecule has 3 aromatic rings. The van der Waals surface area contributed by atoms with E-state index in [0.29, 0.717) is 17.2 Å². The van der Waals surface area contributed by atoms with Crippen LogP contribution in [0, 0.1) is 0 Å². The quantitative estimate of drug-likeness (QED) is 0.716. The van der Waals surface area contributed by atoms with Gasteiger partial charge in [-0.1, -0.05) is 13.8 Å². The van der Waals surface area contributed by atoms with Crippen LogP contribution < -0.4 is 10.1 Å². The molecular formula is C21H26N6O2. The Morgan fingerprint density at radius 1 is 1.21 bits per heavy atom. The van der Waals surface area contributed by atoms with E-state index in [1.54, 1.807) is 10.6 Å². The van der Waals surface area contributed by atoms with Crippen molar-refractivity contribution in [3.05, 3.63) is 48.0 Å². The molecule has 152 valence electrons. The summed E-state index contributed by atoms with van der Waals surface area (Å²) in [6.07, 6.45) is 3.76. The van der Waals surface area contributed by atoms with Gasteiger partial charge in [-0.05, 0) is 56.1 Å². The van der Waals surface area contributed by atoms with Gasteiger partial charge in [0.2, 0.25) is 0 Å². The monoisotopic (exact) mass is 394 g/mol. The summed E-state index contributed by atoms with van der Waals surface area (Å²) in [5.41, 5.74) is 1.90. The van der Waals surface area contributed by atoms with Crippen LogP contribution in [0.4, 0.5) is 5.69 Å². The van der Waals surface area contributed by atoms with Crippen LogP contribution in [0.2, 0.25) is 0 Å². The first-order valence-corrected chi connectivity index (χ1v) is 9.97. The first-order chi connectivity index (χ1) is 14.0. The van der Waals surface area contributed by atoms with Crippen LogP contribution >= 0.6 is 0 Å². The van der Waals surface area contributed by atoms with Crippen molar-refractivity contribution in [2.24, 2.45) is 0 Å². The second-order valence-corrected chi connectivity index (χ2v) is 7.79. The number of hydrogen-bond donors (Lipinski definition) is 1. The van der Waals surface area contributed by atoms with Gasteiger partial charge in [0.1, 0.15) is 23.9 Å². The van der Waals surface area contributed by atoms with Crippen LogP contribution in [0.5, 0.6) is 5.75 Å². The fourth-order valence-electron chi connectivity index (χ4n) is 3.47. The fraction of sp³-hybridized carbons (Fsp3) is 0.429. The fourth-order valence-corrected chi connectivity index (χ4v) is 3.47. The van der Waals surface area contributed by atoms with Crippen LogP contribution in [0.1, 0.15) is 48.8 Å². The largest absolute Gasteiger partial charge is 0.490 e. The standard InChI is InChI=1S/C21H26N6O2/c1-14(2)19-12-18(25-21-22-13-23-27(19)21)20(28)24-15-4-6-16(7-5-15)29-17-8-10-26(3)11-9-17/h4-7,12-14,17H,8-11H2,1-3H3,(H,24,28). The molecule has 0 saturated carbocycles. The Morgan fingerprint density at radius 3 is 2.62 bits per heavy atom. The molecule has 1 aromatic carbocycles. The number of nitrogens with one attached hydrogen (secondary N) is 1. The number of anilines is 1. The van der Waals surface area contributed by atoms with E-state index in [2.05, 4.69) is 32.3 Å². The summed E-state index contributed by atoms with van der Waals surface area (Å²) < 4.78 is 7.72. The molecule has 4 rings (SSSR count). The molecule has 1 amide bonds. The lowest BCUT2D eigenvalue weighted by molar-refractivity contribution is 0.102. The molecule has 0 radical (unpaired) electrons. The topological polar surface area (TPSA) is 84.6 Å². The molecule has 8 heteroatoms. The summed E-state index contributed by atoms with van der Waals surface area (Å²) in [4.78, 5) is 23.5. The molecule has 3 heterocycles. The molecule has 0 aliphatic carbocycles. The zero-order valence-electron chi connectivity index (χ0n) is 17.0. The molecule has 1 fully saturated rings. The lowest BCUT2D eigenvalue weighted by atomic mass is 10.1. The number of fused-ring (bicyclic) bond motifs is 1. The molecule has 0 bridgehead atoms. The molecular weight excluding hydrogens is 368 g/mol. The van der Waals surface area contributed by atoms with Crippen LogP contribution in [0.25, 0.3) is 5.78 Å². The summed E-state index contributed by atoms with van der Waals surface area (Å²) in [7, 11) is 2.13. The Kier molecular flexibility index (Phi) is 5.44. The Morgan fingerprint density at radius 2 is 1.93 bits per heavy atom. The number of amides is 1. The second-order valence-electron chi connectivity index (χ2n) is 7.79. The number of aromatic nitrogens is 4. The molecule has 1 aliphatic rings. The Bertz CT molecular complexity index is 990. The highest BCUT2D eigenvalue weighted by Crippen LogP contribution is 2.22. The molecule has 1 aliphatic heterocycles. The minimum absolute atomic E-state index is 0.185. The molecule has 1 N–H and O–H groups in total. The maximum absolute atomic E-state index is 12.7. The average molecular weight is 394 g/mol. The van der Waals surface area contributed by atoms with Gasteiger partial charge in [0.05, 0.1) is 5.69 Å². The molecule has 8 nitrogen and oxygen atoms in total. The van der Waals surface area contributed by atoms with Crippen molar-refractivity contribution in [3.63, 3.8) is 0 Å². The third-order valence-electron chi connectivity index (χ3n) is 5.18. The van der Waals surface area contributed by atoms with E-state index in [4.69, 9.17) is 4.74 Å². The number of rotatable bonds is 5. The molecule has 2 aromatic heterocycles. The minimum Gasteiger partial charge on any atom is -0.490 e. The van der Waals surface area contributed by atoms with Gasteiger partial charge >= 0.3 is 0 Å². The van der Waals surface area contributed by atoms with Crippen LogP contribution in [-0.2, 0) is 0 Å². The summed E-state index contributed by atoms with van der Waals surface area (Å²) in [5.74, 6) is 1.15. The van der Waals surface area contributed by atoms with E-state index in [0.717, 1.165) is 37.4 Å². The van der Waals surface area contributed by atoms with E-state index in [-0.39, 0.29) is 17.9 Å². The summed E-state index contributed by atoms with van der Waals surface area (Å²) in [5, 5.41) is 7.08. The van der Waals surface area contributed by atoms with Crippen molar-refractivity contribution in [2.75, 3.05) is 25.5 Å². The van der Waals surface area contributed by atoms with Crippen LogP contribution in [-0.4, -0.2) is 56.6 Å². The van der Waals surface area contributed by atoms with Gasteiger partial charge in [0, 0.05) is 18.8 Å². The predicted molar refractivity (Wildman–Crippen MR) is 110 cm³/mol. The minimum atomic E-state index is -0.276. The number of nitrogens with zero attached hydrogens (tertiary/aromatic N) is 5. The molecule has 0 atom stereocenters. The maximum atomic E-state index is 12.7. The van der Waals surface area contributed by atoms with Crippen molar-refractivity contribution < 1.29 is 9.53 Å². The maximum Gasteiger partial charge on any atom is 0.274 e. The van der Waals surface area contributed by atoms with E-state index in [9.17, 15) is 4.79 Å². The van der Waals surface area contributed by atoms with Crippen molar-refractivity contribution in [2.45, 2.75) is 38.7 Å². The number of hydrogen-bond acceptors (Lipinski definition) is 6. The normalized spacial score (nSPS) is 15.7. The predicted octanol–water partition coefficient (Wildman–Crippen LogP) is 2.97. The first-order valence-electron chi connectivity index (χ1n) is 9.97. The number of ether oxygens (including phenoxy) is 1. The average Bonchev–Trinajstić information content (AvgIpc) is 3.19. The lowest BCUT2D eigenvalue weighted by Gasteiger charge is -2.29.